The second-order valence-electron chi connectivity index (χ2n) is 6.03. The molecule has 6 rings (SSSR count). The number of rotatable bonds is 0. The molecule has 24 heavy (non-hydrogen) atoms. The first-order chi connectivity index (χ1) is 11.9. The van der Waals surface area contributed by atoms with Gasteiger partial charge in [0.25, 0.3) is 0 Å². The number of furan rings is 1. The van der Waals surface area contributed by atoms with E-state index in [-0.39, 0.29) is 0 Å². The van der Waals surface area contributed by atoms with Crippen molar-refractivity contribution in [2.24, 2.45) is 0 Å². The fraction of sp³-hybridized carbons (Fsp3) is 0. The number of ether oxygens (including phenoxy) is 1. The highest BCUT2D eigenvalue weighted by Crippen LogP contribution is 2.48. The van der Waals surface area contributed by atoms with Gasteiger partial charge in [-0.15, -0.1) is 0 Å². The van der Waals surface area contributed by atoms with Crippen molar-refractivity contribution >= 4 is 32.7 Å². The van der Waals surface area contributed by atoms with Gasteiger partial charge in [-0.1, -0.05) is 30.3 Å². The highest BCUT2D eigenvalue weighted by atomic mass is 16.5. The smallest absolute Gasteiger partial charge is 0.153 e. The van der Waals surface area contributed by atoms with Crippen molar-refractivity contribution in [3.63, 3.8) is 0 Å². The zero-order valence-electron chi connectivity index (χ0n) is 12.6. The third-order valence-electron chi connectivity index (χ3n) is 4.71. The van der Waals surface area contributed by atoms with E-state index >= 15 is 0 Å². The van der Waals surface area contributed by atoms with Crippen LogP contribution in [-0.4, -0.2) is 4.98 Å². The number of benzene rings is 3. The van der Waals surface area contributed by atoms with Gasteiger partial charge in [-0.25, -0.2) is 0 Å². The Bertz CT molecular complexity index is 1280. The van der Waals surface area contributed by atoms with Crippen molar-refractivity contribution in [1.29, 1.82) is 0 Å². The molecule has 0 N–H and O–H groups in total. The van der Waals surface area contributed by atoms with Gasteiger partial charge in [-0.05, 0) is 30.3 Å². The second kappa shape index (κ2) is 4.15. The third-order valence-corrected chi connectivity index (χ3v) is 4.71. The summed E-state index contributed by atoms with van der Waals surface area (Å²) in [6.45, 7) is 0. The number of fused-ring (bicyclic) bond motifs is 6. The van der Waals surface area contributed by atoms with Gasteiger partial charge in [0.05, 0.1) is 0 Å². The van der Waals surface area contributed by atoms with Gasteiger partial charge in [0.1, 0.15) is 22.6 Å². The molecule has 0 atom stereocenters. The predicted octanol–water partition coefficient (Wildman–Crippen LogP) is 5.91. The van der Waals surface area contributed by atoms with E-state index in [0.717, 1.165) is 55.5 Å². The van der Waals surface area contributed by atoms with E-state index in [1.54, 1.807) is 6.20 Å². The molecule has 3 nitrogen and oxygen atoms in total. The molecule has 3 heteroatoms. The van der Waals surface area contributed by atoms with Crippen molar-refractivity contribution in [2.45, 2.75) is 0 Å². The van der Waals surface area contributed by atoms with Crippen LogP contribution >= 0.6 is 0 Å². The van der Waals surface area contributed by atoms with Crippen LogP contribution in [0.25, 0.3) is 44.0 Å². The van der Waals surface area contributed by atoms with E-state index in [9.17, 15) is 0 Å². The molecule has 112 valence electrons. The molecule has 3 heterocycles. The largest absolute Gasteiger partial charge is 0.455 e. The zero-order chi connectivity index (χ0) is 15.7. The minimum absolute atomic E-state index is 0.796. The number of nitrogens with zero attached hydrogens (tertiary/aromatic N) is 1. The second-order valence-corrected chi connectivity index (χ2v) is 6.03. The van der Waals surface area contributed by atoms with E-state index in [1.165, 1.54) is 0 Å². The highest BCUT2D eigenvalue weighted by molar-refractivity contribution is 6.21. The van der Waals surface area contributed by atoms with Gasteiger partial charge < -0.3 is 9.15 Å². The molecule has 0 aliphatic carbocycles. The Hall–Kier alpha value is -3.33. The molecule has 2 aromatic heterocycles. The molecule has 0 radical (unpaired) electrons. The van der Waals surface area contributed by atoms with Crippen LogP contribution < -0.4 is 4.74 Å². The Morgan fingerprint density at radius 3 is 2.62 bits per heavy atom. The Morgan fingerprint density at radius 1 is 0.750 bits per heavy atom. The maximum atomic E-state index is 6.16. The van der Waals surface area contributed by atoms with E-state index in [4.69, 9.17) is 9.15 Å². The van der Waals surface area contributed by atoms with Crippen LogP contribution in [0.4, 0.5) is 0 Å². The molecule has 0 saturated carbocycles. The van der Waals surface area contributed by atoms with Crippen molar-refractivity contribution in [2.75, 3.05) is 0 Å². The van der Waals surface area contributed by atoms with Crippen LogP contribution in [0.2, 0.25) is 0 Å². The summed E-state index contributed by atoms with van der Waals surface area (Å²) in [5, 5.41) is 4.37. The van der Waals surface area contributed by atoms with Crippen LogP contribution in [0.1, 0.15) is 0 Å². The Kier molecular flexibility index (Phi) is 2.10. The highest BCUT2D eigenvalue weighted by Gasteiger charge is 2.24. The fourth-order valence-electron chi connectivity index (χ4n) is 3.69. The molecule has 0 spiro atoms. The summed E-state index contributed by atoms with van der Waals surface area (Å²) in [5.74, 6) is 1.65. The first kappa shape index (κ1) is 12.1. The van der Waals surface area contributed by atoms with Gasteiger partial charge in [0.15, 0.2) is 5.75 Å². The molecule has 0 fully saturated rings. The Labute approximate surface area is 137 Å². The normalized spacial score (nSPS) is 12.5. The minimum Gasteiger partial charge on any atom is -0.455 e. The molecule has 5 aromatic rings. The number of para-hydroxylation sites is 1. The van der Waals surface area contributed by atoms with Crippen LogP contribution in [0.5, 0.6) is 11.5 Å². The van der Waals surface area contributed by atoms with Crippen LogP contribution in [0.15, 0.2) is 71.3 Å². The van der Waals surface area contributed by atoms with Crippen LogP contribution in [0, 0.1) is 0 Å². The maximum absolute atomic E-state index is 6.16. The molecule has 3 aromatic carbocycles. The molecule has 1 aliphatic rings. The lowest BCUT2D eigenvalue weighted by Crippen LogP contribution is -1.98. The van der Waals surface area contributed by atoms with Crippen LogP contribution in [-0.2, 0) is 0 Å². The molecular formula is C21H11NO2. The van der Waals surface area contributed by atoms with Gasteiger partial charge >= 0.3 is 0 Å². The summed E-state index contributed by atoms with van der Waals surface area (Å²) in [6.07, 6.45) is 1.81. The lowest BCUT2D eigenvalue weighted by molar-refractivity contribution is 0.484. The first-order valence-corrected chi connectivity index (χ1v) is 7.90. The van der Waals surface area contributed by atoms with Crippen molar-refractivity contribution < 1.29 is 9.15 Å². The number of pyridine rings is 1. The summed E-state index contributed by atoms with van der Waals surface area (Å²) < 4.78 is 12.2. The topological polar surface area (TPSA) is 35.3 Å². The average molecular weight is 309 g/mol. The standard InChI is InChI=1S/C21H11NO2/c1-2-7-16-12(5-1)14-11-15-19-13(21(14)24-16)6-3-8-17(19)23-18-9-4-10-22-20(15)18/h1-11H. The van der Waals surface area contributed by atoms with Crippen molar-refractivity contribution in [1.82, 2.24) is 4.98 Å². The number of hydrogen-bond donors (Lipinski definition) is 0. The molecule has 1 aliphatic heterocycles. The first-order valence-electron chi connectivity index (χ1n) is 7.90. The summed E-state index contributed by atoms with van der Waals surface area (Å²) in [6, 6.07) is 20.3. The minimum atomic E-state index is 0.796. The average Bonchev–Trinajstić information content (AvgIpc) is 3.01. The molecular weight excluding hydrogens is 298 g/mol. The van der Waals surface area contributed by atoms with Gasteiger partial charge in [0, 0.05) is 33.3 Å². The Morgan fingerprint density at radius 2 is 1.62 bits per heavy atom. The Balaban J connectivity index is 1.91. The maximum Gasteiger partial charge on any atom is 0.153 e. The predicted molar refractivity (Wildman–Crippen MR) is 94.5 cm³/mol. The molecule has 0 bridgehead atoms. The quantitative estimate of drug-likeness (QED) is 0.350. The van der Waals surface area contributed by atoms with E-state index in [2.05, 4.69) is 23.2 Å². The van der Waals surface area contributed by atoms with Crippen LogP contribution in [0.3, 0.4) is 0 Å². The van der Waals surface area contributed by atoms with E-state index < -0.39 is 0 Å². The van der Waals surface area contributed by atoms with Gasteiger partial charge in [-0.2, -0.15) is 0 Å². The summed E-state index contributed by atoms with van der Waals surface area (Å²) in [4.78, 5) is 4.56. The SMILES string of the molecule is c1cnc2c(c1)Oc1cccc3c1c-2cc1c2ccccc2oc31. The molecule has 0 saturated heterocycles. The van der Waals surface area contributed by atoms with Crippen molar-refractivity contribution in [3.05, 3.63) is 66.9 Å². The number of hydrogen-bond acceptors (Lipinski definition) is 3. The summed E-state index contributed by atoms with van der Waals surface area (Å²) >= 11 is 0. The lowest BCUT2D eigenvalue weighted by atomic mass is 9.95. The molecule has 0 unspecified atom stereocenters. The summed E-state index contributed by atoms with van der Waals surface area (Å²) in [7, 11) is 0. The van der Waals surface area contributed by atoms with E-state index in [0.29, 0.717) is 0 Å². The number of aromatic nitrogens is 1. The van der Waals surface area contributed by atoms with E-state index in [1.807, 2.05) is 42.5 Å². The van der Waals surface area contributed by atoms with Gasteiger partial charge in [0.2, 0.25) is 0 Å². The third kappa shape index (κ3) is 1.39. The lowest BCUT2D eigenvalue weighted by Gasteiger charge is -2.20. The zero-order valence-corrected chi connectivity index (χ0v) is 12.6. The fourth-order valence-corrected chi connectivity index (χ4v) is 3.69. The monoisotopic (exact) mass is 309 g/mol. The van der Waals surface area contributed by atoms with Crippen molar-refractivity contribution in [3.8, 4) is 22.8 Å². The summed E-state index contributed by atoms with van der Waals surface area (Å²) in [5.41, 5.74) is 3.78. The van der Waals surface area contributed by atoms with Gasteiger partial charge in [-0.3, -0.25) is 4.98 Å². The molecule has 0 amide bonds.